The van der Waals surface area contributed by atoms with E-state index in [2.05, 4.69) is 46.6 Å². The van der Waals surface area contributed by atoms with Crippen molar-refractivity contribution in [3.05, 3.63) is 16.1 Å². The van der Waals surface area contributed by atoms with Crippen LogP contribution in [-0.4, -0.2) is 31.1 Å². The van der Waals surface area contributed by atoms with Crippen LogP contribution in [0.25, 0.3) is 0 Å². The van der Waals surface area contributed by atoms with Gasteiger partial charge in [-0.05, 0) is 10.4 Å². The van der Waals surface area contributed by atoms with Gasteiger partial charge < -0.3 is 0 Å². The van der Waals surface area contributed by atoms with Crippen LogP contribution in [0.4, 0.5) is 5.95 Å². The first-order valence-electron chi connectivity index (χ1n) is 5.83. The van der Waals surface area contributed by atoms with E-state index in [0.717, 1.165) is 10.7 Å². The first-order chi connectivity index (χ1) is 8.86. The summed E-state index contributed by atoms with van der Waals surface area (Å²) in [6.07, 6.45) is 0.222. The third kappa shape index (κ3) is 3.34. The van der Waals surface area contributed by atoms with Crippen LogP contribution in [0.5, 0.6) is 0 Å². The van der Waals surface area contributed by atoms with E-state index < -0.39 is 0 Å². The Morgan fingerprint density at radius 2 is 2.21 bits per heavy atom. The van der Waals surface area contributed by atoms with Crippen molar-refractivity contribution in [1.29, 1.82) is 0 Å². The topological polar surface area (TPSA) is 85.6 Å². The molecule has 2 aromatic rings. The molecule has 0 atom stereocenters. The second kappa shape index (κ2) is 5.04. The van der Waals surface area contributed by atoms with Gasteiger partial charge in [0.1, 0.15) is 0 Å². The SMILES string of the molecule is Cn1nnnc1NC(=O)Cc1csc(C(C)(C)C)n1. The number of aryl methyl sites for hydroxylation is 1. The van der Waals surface area contributed by atoms with Crippen molar-refractivity contribution in [2.45, 2.75) is 32.6 Å². The van der Waals surface area contributed by atoms with Crippen LogP contribution in [0.3, 0.4) is 0 Å². The van der Waals surface area contributed by atoms with Crippen LogP contribution in [0.15, 0.2) is 5.38 Å². The quantitative estimate of drug-likeness (QED) is 0.911. The molecule has 7 nitrogen and oxygen atoms in total. The highest BCUT2D eigenvalue weighted by atomic mass is 32.1. The summed E-state index contributed by atoms with van der Waals surface area (Å²) < 4.78 is 1.40. The number of tetrazole rings is 1. The molecule has 0 saturated carbocycles. The molecule has 8 heteroatoms. The van der Waals surface area contributed by atoms with Crippen molar-refractivity contribution in [1.82, 2.24) is 25.2 Å². The molecule has 102 valence electrons. The Hall–Kier alpha value is -1.83. The number of hydrogen-bond donors (Lipinski definition) is 1. The van der Waals surface area contributed by atoms with Gasteiger partial charge in [-0.2, -0.15) is 0 Å². The fourth-order valence-electron chi connectivity index (χ4n) is 1.40. The number of anilines is 1. The number of thiazole rings is 1. The van der Waals surface area contributed by atoms with Crippen LogP contribution in [-0.2, 0) is 23.7 Å². The van der Waals surface area contributed by atoms with Crippen molar-refractivity contribution in [2.75, 3.05) is 5.32 Å². The zero-order chi connectivity index (χ0) is 14.0. The second-order valence-corrected chi connectivity index (χ2v) is 6.10. The Morgan fingerprint density at radius 1 is 1.47 bits per heavy atom. The summed E-state index contributed by atoms with van der Waals surface area (Å²) in [5, 5.41) is 16.4. The molecule has 0 aliphatic carbocycles. The summed E-state index contributed by atoms with van der Waals surface area (Å²) in [7, 11) is 1.66. The molecule has 0 aliphatic rings. The van der Waals surface area contributed by atoms with E-state index in [-0.39, 0.29) is 17.7 Å². The molecule has 0 unspecified atom stereocenters. The summed E-state index contributed by atoms with van der Waals surface area (Å²) in [4.78, 5) is 16.3. The maximum Gasteiger partial charge on any atom is 0.249 e. The van der Waals surface area contributed by atoms with Gasteiger partial charge in [-0.1, -0.05) is 25.9 Å². The number of carbonyl (C=O) groups is 1. The van der Waals surface area contributed by atoms with E-state index in [1.807, 2.05) is 5.38 Å². The molecule has 2 heterocycles. The zero-order valence-electron chi connectivity index (χ0n) is 11.3. The normalized spacial score (nSPS) is 11.6. The van der Waals surface area contributed by atoms with E-state index in [9.17, 15) is 4.79 Å². The van der Waals surface area contributed by atoms with Gasteiger partial charge in [0.15, 0.2) is 0 Å². The molecular weight excluding hydrogens is 264 g/mol. The lowest BCUT2D eigenvalue weighted by molar-refractivity contribution is -0.115. The summed E-state index contributed by atoms with van der Waals surface area (Å²) in [6, 6.07) is 0. The number of rotatable bonds is 3. The van der Waals surface area contributed by atoms with Gasteiger partial charge >= 0.3 is 0 Å². The first kappa shape index (κ1) is 13.6. The maximum atomic E-state index is 11.8. The molecule has 2 aromatic heterocycles. The molecule has 0 fully saturated rings. The maximum absolute atomic E-state index is 11.8. The lowest BCUT2D eigenvalue weighted by atomic mass is 9.98. The Balaban J connectivity index is 2.00. The Morgan fingerprint density at radius 3 is 2.74 bits per heavy atom. The molecule has 2 rings (SSSR count). The number of carbonyl (C=O) groups excluding carboxylic acids is 1. The third-order valence-corrected chi connectivity index (χ3v) is 3.72. The number of nitrogens with one attached hydrogen (secondary N) is 1. The van der Waals surface area contributed by atoms with Crippen LogP contribution in [0.1, 0.15) is 31.5 Å². The number of aromatic nitrogens is 5. The predicted molar refractivity (Wildman–Crippen MR) is 71.9 cm³/mol. The average Bonchev–Trinajstić information content (AvgIpc) is 2.88. The number of hydrogen-bond acceptors (Lipinski definition) is 6. The summed E-state index contributed by atoms with van der Waals surface area (Å²) in [6.45, 7) is 6.29. The Labute approximate surface area is 115 Å². The minimum atomic E-state index is -0.177. The molecule has 1 N–H and O–H groups in total. The molecule has 1 amide bonds. The molecule has 0 saturated heterocycles. The molecular formula is C11H16N6OS. The smallest absolute Gasteiger partial charge is 0.249 e. The highest BCUT2D eigenvalue weighted by Crippen LogP contribution is 2.25. The highest BCUT2D eigenvalue weighted by Gasteiger charge is 2.19. The second-order valence-electron chi connectivity index (χ2n) is 5.25. The van der Waals surface area contributed by atoms with Gasteiger partial charge in [-0.3, -0.25) is 10.1 Å². The minimum Gasteiger partial charge on any atom is -0.293 e. The third-order valence-electron chi connectivity index (χ3n) is 2.41. The Bertz CT molecular complexity index is 582. The van der Waals surface area contributed by atoms with Crippen LogP contribution in [0.2, 0.25) is 0 Å². The van der Waals surface area contributed by atoms with Crippen LogP contribution in [0, 0.1) is 0 Å². The standard InChI is InChI=1S/C11H16N6OS/c1-11(2,3)9-12-7(6-19-9)5-8(18)13-10-14-15-16-17(10)4/h6H,5H2,1-4H3,(H,13,14,16,18). The summed E-state index contributed by atoms with van der Waals surface area (Å²) in [5.74, 6) is 0.153. The largest absolute Gasteiger partial charge is 0.293 e. The van der Waals surface area contributed by atoms with E-state index in [1.54, 1.807) is 18.4 Å². The summed E-state index contributed by atoms with van der Waals surface area (Å²) >= 11 is 1.57. The van der Waals surface area contributed by atoms with Gasteiger partial charge in [-0.25, -0.2) is 9.67 Å². The molecule has 0 bridgehead atoms. The molecule has 0 radical (unpaired) electrons. The lowest BCUT2D eigenvalue weighted by Gasteiger charge is -2.13. The fourth-order valence-corrected chi connectivity index (χ4v) is 2.31. The lowest BCUT2D eigenvalue weighted by Crippen LogP contribution is -2.18. The van der Waals surface area contributed by atoms with Gasteiger partial charge in [0.25, 0.3) is 0 Å². The van der Waals surface area contributed by atoms with Gasteiger partial charge in [0.05, 0.1) is 17.1 Å². The number of amides is 1. The molecule has 19 heavy (non-hydrogen) atoms. The fraction of sp³-hybridized carbons (Fsp3) is 0.545. The summed E-state index contributed by atoms with van der Waals surface area (Å²) in [5.41, 5.74) is 0.773. The average molecular weight is 280 g/mol. The number of nitrogens with zero attached hydrogens (tertiary/aromatic N) is 5. The van der Waals surface area contributed by atoms with E-state index in [1.165, 1.54) is 4.68 Å². The van der Waals surface area contributed by atoms with Crippen molar-refractivity contribution >= 4 is 23.2 Å². The molecule has 0 aromatic carbocycles. The van der Waals surface area contributed by atoms with Gasteiger partial charge in [-0.15, -0.1) is 11.3 Å². The van der Waals surface area contributed by atoms with Gasteiger partial charge in [0.2, 0.25) is 11.9 Å². The minimum absolute atomic E-state index is 0.00685. The van der Waals surface area contributed by atoms with Crippen LogP contribution >= 0.6 is 11.3 Å². The molecule has 0 aliphatic heterocycles. The Kier molecular flexibility index (Phi) is 3.61. The zero-order valence-corrected chi connectivity index (χ0v) is 12.2. The van der Waals surface area contributed by atoms with Crippen molar-refractivity contribution in [3.8, 4) is 0 Å². The monoisotopic (exact) mass is 280 g/mol. The van der Waals surface area contributed by atoms with Gasteiger partial charge in [0, 0.05) is 17.8 Å². The van der Waals surface area contributed by atoms with E-state index in [4.69, 9.17) is 0 Å². The van der Waals surface area contributed by atoms with Crippen LogP contribution < -0.4 is 5.32 Å². The van der Waals surface area contributed by atoms with E-state index in [0.29, 0.717) is 5.95 Å². The van der Waals surface area contributed by atoms with Crippen molar-refractivity contribution in [3.63, 3.8) is 0 Å². The van der Waals surface area contributed by atoms with Crippen molar-refractivity contribution < 1.29 is 4.79 Å². The molecule has 0 spiro atoms. The first-order valence-corrected chi connectivity index (χ1v) is 6.71. The predicted octanol–water partition coefficient (Wildman–Crippen LogP) is 1.15. The highest BCUT2D eigenvalue weighted by molar-refractivity contribution is 7.09. The van der Waals surface area contributed by atoms with Crippen molar-refractivity contribution in [2.24, 2.45) is 7.05 Å². The van der Waals surface area contributed by atoms with E-state index >= 15 is 0 Å².